The molecular weight excluding hydrogens is 208 g/mol. The van der Waals surface area contributed by atoms with E-state index in [1.165, 1.54) is 48.0 Å². The van der Waals surface area contributed by atoms with Crippen LogP contribution in [0.25, 0.3) is 0 Å². The second kappa shape index (κ2) is 5.68. The molecule has 0 saturated carbocycles. The third kappa shape index (κ3) is 2.90. The van der Waals surface area contributed by atoms with Crippen LogP contribution in [0.3, 0.4) is 0 Å². The molecule has 2 aliphatic rings. The standard InChI is InChI=1S/C16H24O/c1-3-4-7-13-10-12(2)14-8-5-6-9-15(14)16(17)11-13/h10-11,16-17H,3-9H2,1-2H3. The lowest BCUT2D eigenvalue weighted by molar-refractivity contribution is 0.249. The third-order valence-electron chi connectivity index (χ3n) is 3.94. The topological polar surface area (TPSA) is 20.2 Å². The highest BCUT2D eigenvalue weighted by molar-refractivity contribution is 5.46. The van der Waals surface area contributed by atoms with Gasteiger partial charge < -0.3 is 5.11 Å². The highest BCUT2D eigenvalue weighted by Crippen LogP contribution is 2.35. The molecule has 0 radical (unpaired) electrons. The molecule has 1 N–H and O–H groups in total. The van der Waals surface area contributed by atoms with Crippen molar-refractivity contribution < 1.29 is 5.11 Å². The van der Waals surface area contributed by atoms with Crippen molar-refractivity contribution in [2.75, 3.05) is 0 Å². The van der Waals surface area contributed by atoms with Crippen molar-refractivity contribution in [1.29, 1.82) is 0 Å². The fraction of sp³-hybridized carbons (Fsp3) is 0.625. The van der Waals surface area contributed by atoms with Gasteiger partial charge in [0, 0.05) is 0 Å². The fourth-order valence-corrected chi connectivity index (χ4v) is 2.96. The Bertz CT molecular complexity index is 371. The molecular formula is C16H24O. The van der Waals surface area contributed by atoms with E-state index in [0.29, 0.717) is 0 Å². The molecule has 1 nitrogen and oxygen atoms in total. The zero-order valence-electron chi connectivity index (χ0n) is 11.1. The minimum absolute atomic E-state index is 0.328. The average molecular weight is 232 g/mol. The monoisotopic (exact) mass is 232 g/mol. The molecule has 2 aliphatic carbocycles. The van der Waals surface area contributed by atoms with Gasteiger partial charge in [-0.25, -0.2) is 0 Å². The molecule has 0 saturated heterocycles. The SMILES string of the molecule is CCCCC1=CC(O)C2=C(CCCC2)C(C)=C1. The number of unbranched alkanes of at least 4 members (excludes halogenated alkanes) is 1. The maximum absolute atomic E-state index is 10.3. The molecule has 0 aromatic rings. The van der Waals surface area contributed by atoms with Crippen molar-refractivity contribution in [3.63, 3.8) is 0 Å². The number of allylic oxidation sites excluding steroid dienone is 4. The maximum Gasteiger partial charge on any atom is 0.0943 e. The van der Waals surface area contributed by atoms with E-state index in [-0.39, 0.29) is 6.10 Å². The van der Waals surface area contributed by atoms with E-state index in [1.807, 2.05) is 0 Å². The molecule has 0 heterocycles. The van der Waals surface area contributed by atoms with Gasteiger partial charge in [0.15, 0.2) is 0 Å². The minimum atomic E-state index is -0.328. The second-order valence-electron chi connectivity index (χ2n) is 5.33. The van der Waals surface area contributed by atoms with Gasteiger partial charge in [-0.3, -0.25) is 0 Å². The van der Waals surface area contributed by atoms with Gasteiger partial charge in [-0.2, -0.15) is 0 Å². The van der Waals surface area contributed by atoms with Crippen molar-refractivity contribution >= 4 is 0 Å². The Labute approximate surface area is 105 Å². The van der Waals surface area contributed by atoms with Crippen LogP contribution < -0.4 is 0 Å². The van der Waals surface area contributed by atoms with Crippen LogP contribution >= 0.6 is 0 Å². The van der Waals surface area contributed by atoms with E-state index in [0.717, 1.165) is 19.3 Å². The summed E-state index contributed by atoms with van der Waals surface area (Å²) in [5.74, 6) is 0. The Morgan fingerprint density at radius 3 is 2.82 bits per heavy atom. The lowest BCUT2D eigenvalue weighted by Gasteiger charge is -2.22. The first-order valence-corrected chi connectivity index (χ1v) is 7.01. The highest BCUT2D eigenvalue weighted by Gasteiger charge is 2.21. The van der Waals surface area contributed by atoms with Crippen LogP contribution in [-0.2, 0) is 0 Å². The van der Waals surface area contributed by atoms with Crippen molar-refractivity contribution in [3.8, 4) is 0 Å². The molecule has 17 heavy (non-hydrogen) atoms. The van der Waals surface area contributed by atoms with Crippen LogP contribution in [-0.4, -0.2) is 11.2 Å². The van der Waals surface area contributed by atoms with Crippen molar-refractivity contribution in [1.82, 2.24) is 0 Å². The number of hydrogen-bond donors (Lipinski definition) is 1. The zero-order valence-corrected chi connectivity index (χ0v) is 11.1. The van der Waals surface area contributed by atoms with Crippen LogP contribution in [0.4, 0.5) is 0 Å². The first kappa shape index (κ1) is 12.6. The lowest BCUT2D eigenvalue weighted by Crippen LogP contribution is -2.12. The first-order chi connectivity index (χ1) is 8.22. The summed E-state index contributed by atoms with van der Waals surface area (Å²) in [4.78, 5) is 0. The number of aliphatic hydroxyl groups excluding tert-OH is 1. The van der Waals surface area contributed by atoms with Crippen molar-refractivity contribution in [2.45, 2.75) is 64.9 Å². The van der Waals surface area contributed by atoms with E-state index < -0.39 is 0 Å². The van der Waals surface area contributed by atoms with Crippen LogP contribution in [0, 0.1) is 0 Å². The molecule has 0 bridgehead atoms. The van der Waals surface area contributed by atoms with Gasteiger partial charge in [-0.05, 0) is 73.8 Å². The van der Waals surface area contributed by atoms with Gasteiger partial charge in [0.05, 0.1) is 6.10 Å². The van der Waals surface area contributed by atoms with E-state index in [4.69, 9.17) is 0 Å². The molecule has 94 valence electrons. The van der Waals surface area contributed by atoms with E-state index >= 15 is 0 Å². The summed E-state index contributed by atoms with van der Waals surface area (Å²) >= 11 is 0. The summed E-state index contributed by atoms with van der Waals surface area (Å²) in [7, 11) is 0. The molecule has 0 amide bonds. The second-order valence-corrected chi connectivity index (χ2v) is 5.33. The Morgan fingerprint density at radius 1 is 1.29 bits per heavy atom. The van der Waals surface area contributed by atoms with Gasteiger partial charge in [0.25, 0.3) is 0 Å². The average Bonchev–Trinajstić information content (AvgIpc) is 2.46. The third-order valence-corrected chi connectivity index (χ3v) is 3.94. The normalized spacial score (nSPS) is 25.0. The number of aliphatic hydroxyl groups is 1. The van der Waals surface area contributed by atoms with Crippen LogP contribution in [0.15, 0.2) is 34.4 Å². The molecule has 0 aliphatic heterocycles. The molecule has 0 fully saturated rings. The van der Waals surface area contributed by atoms with Crippen LogP contribution in [0.5, 0.6) is 0 Å². The summed E-state index contributed by atoms with van der Waals surface area (Å²) in [6.07, 6.45) is 12.3. The van der Waals surface area contributed by atoms with Crippen LogP contribution in [0.1, 0.15) is 58.8 Å². The summed E-state index contributed by atoms with van der Waals surface area (Å²) < 4.78 is 0. The zero-order chi connectivity index (χ0) is 12.3. The summed E-state index contributed by atoms with van der Waals surface area (Å²) in [6.45, 7) is 4.42. The highest BCUT2D eigenvalue weighted by atomic mass is 16.3. The molecule has 1 unspecified atom stereocenters. The number of rotatable bonds is 3. The predicted molar refractivity (Wildman–Crippen MR) is 72.9 cm³/mol. The molecule has 0 spiro atoms. The van der Waals surface area contributed by atoms with Gasteiger partial charge in [-0.1, -0.05) is 19.4 Å². The Balaban J connectivity index is 2.24. The smallest absolute Gasteiger partial charge is 0.0943 e. The Hall–Kier alpha value is -0.820. The molecule has 1 heteroatoms. The van der Waals surface area contributed by atoms with E-state index in [1.54, 1.807) is 0 Å². The van der Waals surface area contributed by atoms with Gasteiger partial charge in [0.2, 0.25) is 0 Å². The fourth-order valence-electron chi connectivity index (χ4n) is 2.96. The van der Waals surface area contributed by atoms with Crippen molar-refractivity contribution in [2.24, 2.45) is 0 Å². The van der Waals surface area contributed by atoms with Crippen LogP contribution in [0.2, 0.25) is 0 Å². The Morgan fingerprint density at radius 2 is 2.06 bits per heavy atom. The first-order valence-electron chi connectivity index (χ1n) is 7.01. The minimum Gasteiger partial charge on any atom is -0.385 e. The van der Waals surface area contributed by atoms with Crippen molar-refractivity contribution in [3.05, 3.63) is 34.4 Å². The number of hydrogen-bond acceptors (Lipinski definition) is 1. The van der Waals surface area contributed by atoms with E-state index in [2.05, 4.69) is 26.0 Å². The van der Waals surface area contributed by atoms with Gasteiger partial charge in [0.1, 0.15) is 0 Å². The maximum atomic E-state index is 10.3. The molecule has 1 atom stereocenters. The summed E-state index contributed by atoms with van der Waals surface area (Å²) in [5.41, 5.74) is 5.44. The van der Waals surface area contributed by atoms with Gasteiger partial charge >= 0.3 is 0 Å². The predicted octanol–water partition coefficient (Wildman–Crippen LogP) is 4.29. The Kier molecular flexibility index (Phi) is 4.22. The largest absolute Gasteiger partial charge is 0.385 e. The molecule has 0 aromatic heterocycles. The van der Waals surface area contributed by atoms with Gasteiger partial charge in [-0.15, -0.1) is 0 Å². The molecule has 2 rings (SSSR count). The summed E-state index contributed by atoms with van der Waals surface area (Å²) in [6, 6.07) is 0. The quantitative estimate of drug-likeness (QED) is 0.769. The van der Waals surface area contributed by atoms with E-state index in [9.17, 15) is 5.11 Å². The summed E-state index contributed by atoms with van der Waals surface area (Å²) in [5, 5.41) is 10.3. The molecule has 0 aromatic carbocycles. The lowest BCUT2D eigenvalue weighted by atomic mass is 9.86.